The third kappa shape index (κ3) is 3.33. The van der Waals surface area contributed by atoms with E-state index < -0.39 is 15.7 Å². The highest BCUT2D eigenvalue weighted by Crippen LogP contribution is 2.13. The van der Waals surface area contributed by atoms with Gasteiger partial charge in [0.25, 0.3) is 5.91 Å². The van der Waals surface area contributed by atoms with Crippen molar-refractivity contribution in [2.24, 2.45) is 0 Å². The first-order valence-electron chi connectivity index (χ1n) is 5.69. The quantitative estimate of drug-likeness (QED) is 0.888. The Balaban J connectivity index is 2.23. The van der Waals surface area contributed by atoms with E-state index in [1.54, 1.807) is 12.1 Å². The first kappa shape index (κ1) is 14.0. The molecule has 2 aromatic rings. The number of nitrogens with two attached hydrogens (primary N) is 1. The molecule has 0 fully saturated rings. The molecule has 6 nitrogen and oxygen atoms in total. The molecular weight excluding hydrogens is 278 g/mol. The Morgan fingerprint density at radius 2 is 2.00 bits per heavy atom. The van der Waals surface area contributed by atoms with Crippen LogP contribution in [0.4, 0.5) is 11.5 Å². The van der Waals surface area contributed by atoms with E-state index in [0.717, 1.165) is 6.26 Å². The molecule has 0 atom stereocenters. The number of carbonyl (C=O) groups is 1. The molecule has 0 saturated heterocycles. The van der Waals surface area contributed by atoms with Gasteiger partial charge in [-0.25, -0.2) is 13.4 Å². The SMILES string of the molecule is CS(=O)(=O)c1cccc(C(=O)Nc2ccc(N)cn2)c1. The fraction of sp³-hybridized carbons (Fsp3) is 0.0769. The Morgan fingerprint density at radius 1 is 1.25 bits per heavy atom. The topological polar surface area (TPSA) is 102 Å². The number of hydrogen-bond donors (Lipinski definition) is 2. The van der Waals surface area contributed by atoms with E-state index in [2.05, 4.69) is 10.3 Å². The highest BCUT2D eigenvalue weighted by atomic mass is 32.2. The standard InChI is InChI=1S/C13H13N3O3S/c1-20(18,19)11-4-2-3-9(7-11)13(17)16-12-6-5-10(14)8-15-12/h2-8H,14H2,1H3,(H,15,16,17). The van der Waals surface area contributed by atoms with Gasteiger partial charge in [-0.15, -0.1) is 0 Å². The summed E-state index contributed by atoms with van der Waals surface area (Å²) < 4.78 is 22.9. The van der Waals surface area contributed by atoms with Crippen molar-refractivity contribution in [2.45, 2.75) is 4.90 Å². The number of amides is 1. The molecule has 0 unspecified atom stereocenters. The summed E-state index contributed by atoms with van der Waals surface area (Å²) in [6.45, 7) is 0. The van der Waals surface area contributed by atoms with Crippen molar-refractivity contribution >= 4 is 27.2 Å². The van der Waals surface area contributed by atoms with Crippen molar-refractivity contribution < 1.29 is 13.2 Å². The van der Waals surface area contributed by atoms with E-state index in [0.29, 0.717) is 11.5 Å². The van der Waals surface area contributed by atoms with E-state index in [9.17, 15) is 13.2 Å². The number of aromatic nitrogens is 1. The van der Waals surface area contributed by atoms with Gasteiger partial charge in [0, 0.05) is 11.8 Å². The summed E-state index contributed by atoms with van der Waals surface area (Å²) in [5.74, 6) is -0.0956. The molecule has 1 aromatic heterocycles. The van der Waals surface area contributed by atoms with E-state index >= 15 is 0 Å². The lowest BCUT2D eigenvalue weighted by atomic mass is 10.2. The highest BCUT2D eigenvalue weighted by molar-refractivity contribution is 7.90. The van der Waals surface area contributed by atoms with E-state index in [1.165, 1.54) is 30.5 Å². The smallest absolute Gasteiger partial charge is 0.256 e. The van der Waals surface area contributed by atoms with Crippen LogP contribution in [0.2, 0.25) is 0 Å². The number of carbonyl (C=O) groups excluding carboxylic acids is 1. The molecule has 20 heavy (non-hydrogen) atoms. The van der Waals surface area contributed by atoms with Crippen LogP contribution < -0.4 is 11.1 Å². The minimum Gasteiger partial charge on any atom is -0.397 e. The van der Waals surface area contributed by atoms with Gasteiger partial charge in [-0.05, 0) is 30.3 Å². The summed E-state index contributed by atoms with van der Waals surface area (Å²) in [7, 11) is -3.35. The fourth-order valence-electron chi connectivity index (χ4n) is 1.54. The van der Waals surface area contributed by atoms with E-state index in [-0.39, 0.29) is 10.5 Å². The average molecular weight is 291 g/mol. The first-order chi connectivity index (χ1) is 9.36. The molecule has 1 amide bonds. The van der Waals surface area contributed by atoms with Gasteiger partial charge in [-0.1, -0.05) is 6.07 Å². The molecule has 0 bridgehead atoms. The summed E-state index contributed by atoms with van der Waals surface area (Å²) >= 11 is 0. The van der Waals surface area contributed by atoms with Crippen molar-refractivity contribution in [3.05, 3.63) is 48.2 Å². The minimum atomic E-state index is -3.35. The van der Waals surface area contributed by atoms with E-state index in [1.807, 2.05) is 0 Å². The van der Waals surface area contributed by atoms with Crippen LogP contribution in [-0.2, 0) is 9.84 Å². The van der Waals surface area contributed by atoms with Gasteiger partial charge >= 0.3 is 0 Å². The van der Waals surface area contributed by atoms with Crippen LogP contribution in [0.15, 0.2) is 47.5 Å². The summed E-state index contributed by atoms with van der Waals surface area (Å²) in [4.78, 5) is 16.0. The second kappa shape index (κ2) is 5.30. The predicted molar refractivity (Wildman–Crippen MR) is 76.2 cm³/mol. The Hall–Kier alpha value is -2.41. The maximum atomic E-state index is 12.0. The molecule has 0 radical (unpaired) electrons. The maximum Gasteiger partial charge on any atom is 0.256 e. The highest BCUT2D eigenvalue weighted by Gasteiger charge is 2.12. The molecule has 7 heteroatoms. The van der Waals surface area contributed by atoms with Crippen LogP contribution >= 0.6 is 0 Å². The molecule has 104 valence electrons. The number of nitrogen functional groups attached to an aromatic ring is 1. The fourth-order valence-corrected chi connectivity index (χ4v) is 2.20. The first-order valence-corrected chi connectivity index (χ1v) is 7.58. The van der Waals surface area contributed by atoms with Crippen LogP contribution in [-0.4, -0.2) is 25.6 Å². The van der Waals surface area contributed by atoms with Gasteiger partial charge in [0.1, 0.15) is 5.82 Å². The lowest BCUT2D eigenvalue weighted by Gasteiger charge is -2.06. The van der Waals surface area contributed by atoms with Crippen molar-refractivity contribution in [3.8, 4) is 0 Å². The van der Waals surface area contributed by atoms with E-state index in [4.69, 9.17) is 5.73 Å². The largest absolute Gasteiger partial charge is 0.397 e. The van der Waals surface area contributed by atoms with Crippen LogP contribution in [0, 0.1) is 0 Å². The molecular formula is C13H13N3O3S. The molecule has 0 aliphatic rings. The molecule has 3 N–H and O–H groups in total. The van der Waals surface area contributed by atoms with Crippen LogP contribution in [0.25, 0.3) is 0 Å². The van der Waals surface area contributed by atoms with Gasteiger partial charge < -0.3 is 11.1 Å². The van der Waals surface area contributed by atoms with Crippen molar-refractivity contribution in [1.29, 1.82) is 0 Å². The molecule has 2 rings (SSSR count). The summed E-state index contributed by atoms with van der Waals surface area (Å²) in [5.41, 5.74) is 6.22. The number of pyridine rings is 1. The van der Waals surface area contributed by atoms with Crippen molar-refractivity contribution in [2.75, 3.05) is 17.3 Å². The van der Waals surface area contributed by atoms with Crippen molar-refractivity contribution in [3.63, 3.8) is 0 Å². The third-order valence-corrected chi connectivity index (χ3v) is 3.66. The normalized spacial score (nSPS) is 11.1. The Labute approximate surface area is 116 Å². The second-order valence-corrected chi connectivity index (χ2v) is 6.25. The lowest BCUT2D eigenvalue weighted by Crippen LogP contribution is -2.13. The lowest BCUT2D eigenvalue weighted by molar-refractivity contribution is 0.102. The van der Waals surface area contributed by atoms with Crippen molar-refractivity contribution in [1.82, 2.24) is 4.98 Å². The molecule has 0 spiro atoms. The number of anilines is 2. The van der Waals surface area contributed by atoms with Gasteiger partial charge in [0.2, 0.25) is 0 Å². The summed E-state index contributed by atoms with van der Waals surface area (Å²) in [6, 6.07) is 8.97. The number of nitrogens with zero attached hydrogens (tertiary/aromatic N) is 1. The predicted octanol–water partition coefficient (Wildman–Crippen LogP) is 1.32. The van der Waals surface area contributed by atoms with Gasteiger partial charge in [-0.3, -0.25) is 4.79 Å². The maximum absolute atomic E-state index is 12.0. The molecule has 1 aromatic carbocycles. The zero-order valence-electron chi connectivity index (χ0n) is 10.7. The van der Waals surface area contributed by atoms with Crippen LogP contribution in [0.5, 0.6) is 0 Å². The zero-order chi connectivity index (χ0) is 14.8. The summed E-state index contributed by atoms with van der Waals surface area (Å²) in [5, 5.41) is 2.56. The minimum absolute atomic E-state index is 0.0930. The zero-order valence-corrected chi connectivity index (χ0v) is 11.5. The number of rotatable bonds is 3. The number of sulfone groups is 1. The molecule has 0 aliphatic carbocycles. The number of nitrogens with one attached hydrogen (secondary N) is 1. The van der Waals surface area contributed by atoms with Crippen LogP contribution in [0.1, 0.15) is 10.4 Å². The Bertz CT molecular complexity index is 740. The molecule has 1 heterocycles. The second-order valence-electron chi connectivity index (χ2n) is 4.23. The monoisotopic (exact) mass is 291 g/mol. The molecule has 0 aliphatic heterocycles. The summed E-state index contributed by atoms with van der Waals surface area (Å²) in [6.07, 6.45) is 2.51. The number of benzene rings is 1. The average Bonchev–Trinajstić information content (AvgIpc) is 2.40. The van der Waals surface area contributed by atoms with Gasteiger partial charge in [0.05, 0.1) is 16.8 Å². The Morgan fingerprint density at radius 3 is 2.60 bits per heavy atom. The van der Waals surface area contributed by atoms with Crippen LogP contribution in [0.3, 0.4) is 0 Å². The van der Waals surface area contributed by atoms with Gasteiger partial charge in [-0.2, -0.15) is 0 Å². The number of hydrogen-bond acceptors (Lipinski definition) is 5. The Kier molecular flexibility index (Phi) is 3.71. The third-order valence-electron chi connectivity index (χ3n) is 2.55. The molecule has 0 saturated carbocycles. The van der Waals surface area contributed by atoms with Gasteiger partial charge in [0.15, 0.2) is 9.84 Å².